The van der Waals surface area contributed by atoms with E-state index in [1.165, 1.54) is 25.9 Å². The van der Waals surface area contributed by atoms with E-state index in [1.807, 2.05) is 0 Å². The van der Waals surface area contributed by atoms with E-state index >= 15 is 0 Å². The van der Waals surface area contributed by atoms with Crippen LogP contribution in [0.3, 0.4) is 0 Å². The van der Waals surface area contributed by atoms with Gasteiger partial charge in [-0.3, -0.25) is 0 Å². The number of rotatable bonds is 2. The molecule has 1 saturated carbocycles. The van der Waals surface area contributed by atoms with E-state index in [0.29, 0.717) is 0 Å². The molecule has 2 heteroatoms. The Kier molecular flexibility index (Phi) is 1.95. The Balaban J connectivity index is 1.89. The summed E-state index contributed by atoms with van der Waals surface area (Å²) < 4.78 is 0. The summed E-state index contributed by atoms with van der Waals surface area (Å²) in [5, 5.41) is 3.44. The number of hydrogen-bond acceptors (Lipinski definition) is 2. The Morgan fingerprint density at radius 3 is 2.45 bits per heavy atom. The Labute approximate surface area is 68.1 Å². The molecular weight excluding hydrogens is 136 g/mol. The largest absolute Gasteiger partial charge is 0.316 e. The van der Waals surface area contributed by atoms with Gasteiger partial charge in [0.1, 0.15) is 0 Å². The highest BCUT2D eigenvalue weighted by molar-refractivity contribution is 5.23. The summed E-state index contributed by atoms with van der Waals surface area (Å²) in [6, 6.07) is 0. The first-order valence-electron chi connectivity index (χ1n) is 4.53. The Morgan fingerprint density at radius 1 is 1.27 bits per heavy atom. The molecule has 1 heterocycles. The van der Waals surface area contributed by atoms with Crippen LogP contribution in [-0.2, 0) is 0 Å². The van der Waals surface area contributed by atoms with Crippen molar-refractivity contribution in [3.8, 4) is 0 Å². The monoisotopic (exact) mass is 152 g/mol. The molecule has 11 heavy (non-hydrogen) atoms. The summed E-state index contributed by atoms with van der Waals surface area (Å²) in [6.07, 6.45) is 2.77. The van der Waals surface area contributed by atoms with Crippen molar-refractivity contribution in [1.29, 1.82) is 0 Å². The summed E-state index contributed by atoms with van der Waals surface area (Å²) in [5.41, 5.74) is 0. The van der Waals surface area contributed by atoms with E-state index in [4.69, 9.17) is 0 Å². The Hall–Kier alpha value is -0.370. The van der Waals surface area contributed by atoms with Crippen molar-refractivity contribution in [3.05, 3.63) is 0 Å². The summed E-state index contributed by atoms with van der Waals surface area (Å²) in [6.45, 7) is 7.04. The highest BCUT2D eigenvalue weighted by atomic mass is 14.9. The van der Waals surface area contributed by atoms with Gasteiger partial charge in [-0.1, -0.05) is 0 Å². The van der Waals surface area contributed by atoms with Crippen molar-refractivity contribution in [2.75, 3.05) is 19.6 Å². The number of aliphatic imine (C=N–C) groups is 1. The molecule has 1 aliphatic heterocycles. The van der Waals surface area contributed by atoms with Crippen LogP contribution in [0.15, 0.2) is 4.99 Å². The van der Waals surface area contributed by atoms with Gasteiger partial charge in [0.15, 0.2) is 0 Å². The first kappa shape index (κ1) is 7.29. The third kappa shape index (κ3) is 1.32. The molecule has 0 aromatic carbocycles. The predicted octanol–water partition coefficient (Wildman–Crippen LogP) is 0.933. The van der Waals surface area contributed by atoms with E-state index < -0.39 is 0 Å². The van der Waals surface area contributed by atoms with E-state index in [-0.39, 0.29) is 0 Å². The minimum atomic E-state index is 0.851. The first-order valence-corrected chi connectivity index (χ1v) is 4.53. The molecule has 62 valence electrons. The zero-order valence-electron chi connectivity index (χ0n) is 6.92. The molecule has 1 aliphatic carbocycles. The fourth-order valence-corrected chi connectivity index (χ4v) is 2.62. The van der Waals surface area contributed by atoms with Gasteiger partial charge in [-0.15, -0.1) is 0 Å². The first-order chi connectivity index (χ1) is 5.40. The highest BCUT2D eigenvalue weighted by Crippen LogP contribution is 2.38. The van der Waals surface area contributed by atoms with Crippen molar-refractivity contribution >= 4 is 6.72 Å². The molecule has 2 aliphatic rings. The summed E-state index contributed by atoms with van der Waals surface area (Å²) in [4.78, 5) is 3.97. The zero-order valence-corrected chi connectivity index (χ0v) is 6.92. The van der Waals surface area contributed by atoms with Crippen LogP contribution in [-0.4, -0.2) is 26.4 Å². The van der Waals surface area contributed by atoms with Crippen molar-refractivity contribution in [1.82, 2.24) is 5.32 Å². The molecule has 2 rings (SSSR count). The van der Waals surface area contributed by atoms with Crippen LogP contribution in [0.1, 0.15) is 12.8 Å². The molecule has 2 nitrogen and oxygen atoms in total. The molecule has 0 amide bonds. The zero-order chi connectivity index (χ0) is 7.68. The molecule has 1 saturated heterocycles. The van der Waals surface area contributed by atoms with Gasteiger partial charge in [0.25, 0.3) is 0 Å². The van der Waals surface area contributed by atoms with Gasteiger partial charge in [0.05, 0.1) is 0 Å². The second-order valence-corrected chi connectivity index (χ2v) is 3.92. The van der Waals surface area contributed by atoms with Gasteiger partial charge < -0.3 is 10.3 Å². The maximum Gasteiger partial charge on any atom is 0.0410 e. The van der Waals surface area contributed by atoms with Crippen LogP contribution >= 0.6 is 0 Å². The Morgan fingerprint density at radius 2 is 1.91 bits per heavy atom. The second kappa shape index (κ2) is 2.94. The maximum atomic E-state index is 3.97. The van der Waals surface area contributed by atoms with Crippen LogP contribution in [0.2, 0.25) is 0 Å². The molecule has 2 fully saturated rings. The summed E-state index contributed by atoms with van der Waals surface area (Å²) in [7, 11) is 0. The van der Waals surface area contributed by atoms with Crippen molar-refractivity contribution in [2.24, 2.45) is 22.7 Å². The number of fused-ring (bicyclic) bond motifs is 1. The summed E-state index contributed by atoms with van der Waals surface area (Å²) >= 11 is 0. The standard InChI is InChI=1S/C9H16N2/c1-10-4-7-2-8-5-11-6-9(8)3-7/h7-9,11H,1-6H2/t7-,8+,9?/m0/s1. The van der Waals surface area contributed by atoms with Crippen molar-refractivity contribution in [2.45, 2.75) is 12.8 Å². The van der Waals surface area contributed by atoms with Gasteiger partial charge in [-0.25, -0.2) is 0 Å². The highest BCUT2D eigenvalue weighted by Gasteiger charge is 2.36. The third-order valence-corrected chi connectivity index (χ3v) is 3.14. The molecular formula is C9H16N2. The molecule has 1 unspecified atom stereocenters. The average Bonchev–Trinajstić information content (AvgIpc) is 2.46. The SMILES string of the molecule is C=NC[C@@H]1CC2CNC[C@H]2C1. The number of nitrogens with one attached hydrogen (secondary N) is 1. The van der Waals surface area contributed by atoms with Crippen LogP contribution in [0.4, 0.5) is 0 Å². The molecule has 0 aromatic rings. The number of hydrogen-bond donors (Lipinski definition) is 1. The second-order valence-electron chi connectivity index (χ2n) is 3.92. The number of nitrogens with zero attached hydrogens (tertiary/aromatic N) is 1. The molecule has 1 N–H and O–H groups in total. The lowest BCUT2D eigenvalue weighted by atomic mass is 10.0. The molecule has 0 aromatic heterocycles. The summed E-state index contributed by atoms with van der Waals surface area (Å²) in [5.74, 6) is 2.77. The van der Waals surface area contributed by atoms with Crippen LogP contribution in [0.25, 0.3) is 0 Å². The predicted molar refractivity (Wildman–Crippen MR) is 47.0 cm³/mol. The van der Waals surface area contributed by atoms with E-state index in [9.17, 15) is 0 Å². The van der Waals surface area contributed by atoms with Crippen LogP contribution < -0.4 is 5.32 Å². The van der Waals surface area contributed by atoms with E-state index in [0.717, 1.165) is 24.3 Å². The molecule has 3 atom stereocenters. The molecule has 0 bridgehead atoms. The lowest BCUT2D eigenvalue weighted by molar-refractivity contribution is 0.494. The smallest absolute Gasteiger partial charge is 0.0410 e. The van der Waals surface area contributed by atoms with Crippen LogP contribution in [0, 0.1) is 17.8 Å². The van der Waals surface area contributed by atoms with Gasteiger partial charge in [0.2, 0.25) is 0 Å². The topological polar surface area (TPSA) is 24.4 Å². The minimum absolute atomic E-state index is 0.851. The molecule has 0 spiro atoms. The third-order valence-electron chi connectivity index (χ3n) is 3.14. The lowest BCUT2D eigenvalue weighted by Gasteiger charge is -2.06. The van der Waals surface area contributed by atoms with E-state index in [2.05, 4.69) is 17.0 Å². The van der Waals surface area contributed by atoms with Gasteiger partial charge >= 0.3 is 0 Å². The normalized spacial score (nSPS) is 42.4. The van der Waals surface area contributed by atoms with Gasteiger partial charge in [-0.05, 0) is 50.4 Å². The van der Waals surface area contributed by atoms with Gasteiger partial charge in [-0.2, -0.15) is 0 Å². The van der Waals surface area contributed by atoms with Gasteiger partial charge in [0, 0.05) is 6.54 Å². The quantitative estimate of drug-likeness (QED) is 0.585. The maximum absolute atomic E-state index is 3.97. The fraction of sp³-hybridized carbons (Fsp3) is 0.889. The van der Waals surface area contributed by atoms with E-state index in [1.54, 1.807) is 0 Å². The lowest BCUT2D eigenvalue weighted by Crippen LogP contribution is -2.12. The van der Waals surface area contributed by atoms with Crippen molar-refractivity contribution in [3.63, 3.8) is 0 Å². The fourth-order valence-electron chi connectivity index (χ4n) is 2.62. The average molecular weight is 152 g/mol. The Bertz CT molecular complexity index is 144. The van der Waals surface area contributed by atoms with Crippen LogP contribution in [0.5, 0.6) is 0 Å². The van der Waals surface area contributed by atoms with Crippen molar-refractivity contribution < 1.29 is 0 Å². The molecule has 0 radical (unpaired) electrons. The minimum Gasteiger partial charge on any atom is -0.316 e.